The highest BCUT2D eigenvalue weighted by atomic mass is 19.1. The standard InChI is InChI=1S/C13H16FN3O2/c14-12-10(4-3-6-15-12)13(19)16-7-5-11(18)17-8-1-2-9-17/h3-4,6H,1-2,5,7-9H2,(H,16,19). The van der Waals surface area contributed by atoms with Crippen molar-refractivity contribution in [3.05, 3.63) is 29.8 Å². The molecule has 6 heteroatoms. The summed E-state index contributed by atoms with van der Waals surface area (Å²) in [5.74, 6) is -1.31. The number of halogens is 1. The zero-order valence-electron chi connectivity index (χ0n) is 10.6. The predicted molar refractivity (Wildman–Crippen MR) is 67.0 cm³/mol. The average molecular weight is 265 g/mol. The van der Waals surface area contributed by atoms with Gasteiger partial charge in [0.1, 0.15) is 0 Å². The highest BCUT2D eigenvalue weighted by molar-refractivity contribution is 5.94. The number of hydrogen-bond donors (Lipinski definition) is 1. The number of hydrogen-bond acceptors (Lipinski definition) is 3. The van der Waals surface area contributed by atoms with Gasteiger partial charge in [-0.25, -0.2) is 4.98 Å². The van der Waals surface area contributed by atoms with E-state index < -0.39 is 11.9 Å². The Morgan fingerprint density at radius 2 is 2.11 bits per heavy atom. The first-order chi connectivity index (χ1) is 9.18. The van der Waals surface area contributed by atoms with Crippen molar-refractivity contribution in [3.8, 4) is 0 Å². The van der Waals surface area contributed by atoms with Crippen molar-refractivity contribution in [1.29, 1.82) is 0 Å². The fourth-order valence-electron chi connectivity index (χ4n) is 2.06. The van der Waals surface area contributed by atoms with Gasteiger partial charge in [-0.2, -0.15) is 4.39 Å². The van der Waals surface area contributed by atoms with Crippen molar-refractivity contribution in [2.75, 3.05) is 19.6 Å². The lowest BCUT2D eigenvalue weighted by Crippen LogP contribution is -2.33. The molecule has 1 saturated heterocycles. The van der Waals surface area contributed by atoms with Gasteiger partial charge in [0.2, 0.25) is 11.9 Å². The van der Waals surface area contributed by atoms with E-state index in [9.17, 15) is 14.0 Å². The molecule has 0 spiro atoms. The molecule has 1 N–H and O–H groups in total. The minimum absolute atomic E-state index is 0.0319. The molecule has 1 aromatic rings. The Morgan fingerprint density at radius 3 is 2.79 bits per heavy atom. The van der Waals surface area contributed by atoms with Gasteiger partial charge < -0.3 is 10.2 Å². The number of nitrogens with zero attached hydrogens (tertiary/aromatic N) is 2. The van der Waals surface area contributed by atoms with E-state index in [2.05, 4.69) is 10.3 Å². The number of rotatable bonds is 4. The van der Waals surface area contributed by atoms with Gasteiger partial charge in [-0.3, -0.25) is 9.59 Å². The fourth-order valence-corrected chi connectivity index (χ4v) is 2.06. The van der Waals surface area contributed by atoms with E-state index in [4.69, 9.17) is 0 Å². The second kappa shape index (κ2) is 6.26. The Balaban J connectivity index is 1.78. The van der Waals surface area contributed by atoms with Crippen LogP contribution in [0, 0.1) is 5.95 Å². The number of likely N-dealkylation sites (tertiary alicyclic amines) is 1. The molecule has 2 rings (SSSR count). The Hall–Kier alpha value is -1.98. The van der Waals surface area contributed by atoms with Crippen LogP contribution in [0.3, 0.4) is 0 Å². The molecular formula is C13H16FN3O2. The molecule has 0 radical (unpaired) electrons. The highest BCUT2D eigenvalue weighted by Crippen LogP contribution is 2.08. The molecule has 1 fully saturated rings. The summed E-state index contributed by atoms with van der Waals surface area (Å²) >= 11 is 0. The van der Waals surface area contributed by atoms with E-state index >= 15 is 0 Å². The normalized spacial score (nSPS) is 14.5. The molecule has 0 aliphatic carbocycles. The first-order valence-corrected chi connectivity index (χ1v) is 6.35. The number of nitrogens with one attached hydrogen (secondary N) is 1. The number of carbonyl (C=O) groups is 2. The van der Waals surface area contributed by atoms with Gasteiger partial charge in [-0.05, 0) is 25.0 Å². The van der Waals surface area contributed by atoms with E-state index in [1.165, 1.54) is 18.3 Å². The minimum atomic E-state index is -0.800. The molecule has 2 heterocycles. The lowest BCUT2D eigenvalue weighted by molar-refractivity contribution is -0.129. The number of carbonyl (C=O) groups excluding carboxylic acids is 2. The first kappa shape index (κ1) is 13.5. The quantitative estimate of drug-likeness (QED) is 0.825. The summed E-state index contributed by atoms with van der Waals surface area (Å²) in [6.07, 6.45) is 3.61. The fraction of sp³-hybridized carbons (Fsp3) is 0.462. The van der Waals surface area contributed by atoms with Crippen LogP contribution in [0.25, 0.3) is 0 Å². The summed E-state index contributed by atoms with van der Waals surface area (Å²) in [7, 11) is 0. The van der Waals surface area contributed by atoms with Gasteiger partial charge in [0.15, 0.2) is 0 Å². The smallest absolute Gasteiger partial charge is 0.255 e. The molecule has 0 bridgehead atoms. The lowest BCUT2D eigenvalue weighted by atomic mass is 10.2. The summed E-state index contributed by atoms with van der Waals surface area (Å²) in [6, 6.07) is 2.85. The lowest BCUT2D eigenvalue weighted by Gasteiger charge is -2.15. The molecule has 102 valence electrons. The summed E-state index contributed by atoms with van der Waals surface area (Å²) in [6.45, 7) is 1.80. The molecule has 19 heavy (non-hydrogen) atoms. The molecule has 0 atom stereocenters. The zero-order valence-corrected chi connectivity index (χ0v) is 10.6. The SMILES string of the molecule is O=C(NCCC(=O)N1CCCC1)c1cccnc1F. The second-order valence-corrected chi connectivity index (χ2v) is 4.44. The largest absolute Gasteiger partial charge is 0.351 e. The van der Waals surface area contributed by atoms with Gasteiger partial charge >= 0.3 is 0 Å². The molecular weight excluding hydrogens is 249 g/mol. The maximum Gasteiger partial charge on any atom is 0.255 e. The highest BCUT2D eigenvalue weighted by Gasteiger charge is 2.18. The number of amides is 2. The third kappa shape index (κ3) is 3.49. The summed E-state index contributed by atoms with van der Waals surface area (Å²) in [5.41, 5.74) is -0.101. The predicted octanol–water partition coefficient (Wildman–Crippen LogP) is 0.963. The van der Waals surface area contributed by atoms with Gasteiger partial charge in [0.25, 0.3) is 5.91 Å². The van der Waals surface area contributed by atoms with Crippen molar-refractivity contribution >= 4 is 11.8 Å². The maximum atomic E-state index is 13.2. The van der Waals surface area contributed by atoms with Crippen LogP contribution in [0.4, 0.5) is 4.39 Å². The van der Waals surface area contributed by atoms with E-state index in [0.717, 1.165) is 25.9 Å². The van der Waals surface area contributed by atoms with Crippen LogP contribution in [0.2, 0.25) is 0 Å². The third-order valence-electron chi connectivity index (χ3n) is 3.09. The van der Waals surface area contributed by atoms with Crippen molar-refractivity contribution in [1.82, 2.24) is 15.2 Å². The summed E-state index contributed by atoms with van der Waals surface area (Å²) in [5, 5.41) is 2.53. The van der Waals surface area contributed by atoms with Gasteiger partial charge in [-0.15, -0.1) is 0 Å². The van der Waals surface area contributed by atoms with Crippen LogP contribution in [0.5, 0.6) is 0 Å². The third-order valence-corrected chi connectivity index (χ3v) is 3.09. The molecule has 0 saturated carbocycles. The molecule has 1 aliphatic rings. The molecule has 1 aliphatic heterocycles. The molecule has 1 aromatic heterocycles. The number of aromatic nitrogens is 1. The molecule has 5 nitrogen and oxygen atoms in total. The van der Waals surface area contributed by atoms with Crippen LogP contribution in [0.1, 0.15) is 29.6 Å². The van der Waals surface area contributed by atoms with Crippen LogP contribution < -0.4 is 5.32 Å². The van der Waals surface area contributed by atoms with Crippen LogP contribution >= 0.6 is 0 Å². The van der Waals surface area contributed by atoms with E-state index in [1.807, 2.05) is 0 Å². The Kier molecular flexibility index (Phi) is 4.43. The average Bonchev–Trinajstić information content (AvgIpc) is 2.93. The van der Waals surface area contributed by atoms with E-state index in [-0.39, 0.29) is 24.4 Å². The Labute approximate surface area is 110 Å². The second-order valence-electron chi connectivity index (χ2n) is 4.44. The Bertz CT molecular complexity index is 473. The topological polar surface area (TPSA) is 62.3 Å². The van der Waals surface area contributed by atoms with Crippen molar-refractivity contribution < 1.29 is 14.0 Å². The zero-order chi connectivity index (χ0) is 13.7. The number of pyridine rings is 1. The van der Waals surface area contributed by atoms with E-state index in [0.29, 0.717) is 0 Å². The molecule has 0 unspecified atom stereocenters. The van der Waals surface area contributed by atoms with E-state index in [1.54, 1.807) is 4.90 Å². The maximum absolute atomic E-state index is 13.2. The van der Waals surface area contributed by atoms with Gasteiger partial charge in [0.05, 0.1) is 5.56 Å². The summed E-state index contributed by atoms with van der Waals surface area (Å²) < 4.78 is 13.2. The van der Waals surface area contributed by atoms with Crippen molar-refractivity contribution in [2.45, 2.75) is 19.3 Å². The van der Waals surface area contributed by atoms with Crippen molar-refractivity contribution in [2.24, 2.45) is 0 Å². The molecule has 2 amide bonds. The van der Waals surface area contributed by atoms with Crippen molar-refractivity contribution in [3.63, 3.8) is 0 Å². The van der Waals surface area contributed by atoms with Crippen LogP contribution in [-0.4, -0.2) is 41.3 Å². The van der Waals surface area contributed by atoms with Gasteiger partial charge in [0, 0.05) is 32.3 Å². The monoisotopic (exact) mass is 265 g/mol. The minimum Gasteiger partial charge on any atom is -0.351 e. The van der Waals surface area contributed by atoms with Gasteiger partial charge in [-0.1, -0.05) is 0 Å². The summed E-state index contributed by atoms with van der Waals surface area (Å²) in [4.78, 5) is 28.6. The Morgan fingerprint density at radius 1 is 1.37 bits per heavy atom. The van der Waals surface area contributed by atoms with Crippen LogP contribution in [0.15, 0.2) is 18.3 Å². The van der Waals surface area contributed by atoms with Crippen LogP contribution in [-0.2, 0) is 4.79 Å². The first-order valence-electron chi connectivity index (χ1n) is 6.35. The molecule has 0 aromatic carbocycles.